The van der Waals surface area contributed by atoms with Crippen molar-refractivity contribution in [2.75, 3.05) is 6.26 Å². The first-order valence-corrected chi connectivity index (χ1v) is 8.30. The summed E-state index contributed by atoms with van der Waals surface area (Å²) < 4.78 is 1.26. The topological polar surface area (TPSA) is 79.3 Å². The van der Waals surface area contributed by atoms with Gasteiger partial charge in [-0.05, 0) is 24.8 Å². The Kier molecular flexibility index (Phi) is 4.20. The number of hydrogen-bond donors (Lipinski definition) is 2. The zero-order valence-corrected chi connectivity index (χ0v) is 13.6. The normalized spacial score (nSPS) is 10.9. The lowest BCUT2D eigenvalue weighted by atomic mass is 10.2. The first-order valence-electron chi connectivity index (χ1n) is 7.08. The number of hydrogen-bond acceptors (Lipinski definition) is 4. The number of fused-ring (bicyclic) bond motifs is 1. The molecule has 0 saturated carbocycles. The van der Waals surface area contributed by atoms with Crippen LogP contribution in [0.25, 0.3) is 5.65 Å². The quantitative estimate of drug-likeness (QED) is 0.718. The Labute approximate surface area is 136 Å². The van der Waals surface area contributed by atoms with Crippen LogP contribution in [0.4, 0.5) is 0 Å². The number of nitrogens with one attached hydrogen (secondary N) is 2. The number of nitrogens with zero attached hydrogens (tertiary/aromatic N) is 2. The summed E-state index contributed by atoms with van der Waals surface area (Å²) in [6, 6.07) is 9.32. The maximum absolute atomic E-state index is 12.4. The van der Waals surface area contributed by atoms with Crippen LogP contribution < -0.4 is 10.9 Å². The second kappa shape index (κ2) is 6.29. The van der Waals surface area contributed by atoms with Gasteiger partial charge in [0.05, 0.1) is 0 Å². The average molecular weight is 328 g/mol. The highest BCUT2D eigenvalue weighted by Gasteiger charge is 2.15. The van der Waals surface area contributed by atoms with E-state index in [4.69, 9.17) is 0 Å². The molecule has 0 saturated heterocycles. The molecule has 0 atom stereocenters. The number of amides is 1. The molecule has 0 aliphatic heterocycles. The van der Waals surface area contributed by atoms with Crippen LogP contribution in [0.5, 0.6) is 0 Å². The van der Waals surface area contributed by atoms with E-state index in [1.807, 2.05) is 30.5 Å². The molecule has 0 spiro atoms. The molecule has 23 heavy (non-hydrogen) atoms. The van der Waals surface area contributed by atoms with Crippen molar-refractivity contribution in [3.05, 3.63) is 63.7 Å². The number of H-pyrrole nitrogens is 1. The van der Waals surface area contributed by atoms with E-state index < -0.39 is 0 Å². The van der Waals surface area contributed by atoms with Gasteiger partial charge in [-0.15, -0.1) is 11.8 Å². The maximum atomic E-state index is 12.4. The molecule has 2 heterocycles. The highest BCUT2D eigenvalue weighted by molar-refractivity contribution is 7.98. The summed E-state index contributed by atoms with van der Waals surface area (Å²) in [4.78, 5) is 29.7. The summed E-state index contributed by atoms with van der Waals surface area (Å²) in [5.41, 5.74) is 2.09. The van der Waals surface area contributed by atoms with Gasteiger partial charge in [-0.3, -0.25) is 14.7 Å². The zero-order valence-electron chi connectivity index (χ0n) is 12.8. The van der Waals surface area contributed by atoms with Crippen LogP contribution in [0.2, 0.25) is 0 Å². The van der Waals surface area contributed by atoms with Crippen molar-refractivity contribution >= 4 is 23.3 Å². The van der Waals surface area contributed by atoms with Gasteiger partial charge in [-0.1, -0.05) is 18.2 Å². The fourth-order valence-electron chi connectivity index (χ4n) is 2.38. The van der Waals surface area contributed by atoms with E-state index in [9.17, 15) is 9.59 Å². The van der Waals surface area contributed by atoms with Crippen LogP contribution in [-0.2, 0) is 6.54 Å². The van der Waals surface area contributed by atoms with Gasteiger partial charge in [0.2, 0.25) is 0 Å². The summed E-state index contributed by atoms with van der Waals surface area (Å²) in [6.45, 7) is 2.15. The second-order valence-electron chi connectivity index (χ2n) is 5.08. The second-order valence-corrected chi connectivity index (χ2v) is 5.92. The minimum Gasteiger partial charge on any atom is -0.348 e. The van der Waals surface area contributed by atoms with Crippen LogP contribution in [0.1, 0.15) is 21.6 Å². The number of carbonyl (C=O) groups excluding carboxylic acids is 1. The molecule has 0 radical (unpaired) electrons. The first-order chi connectivity index (χ1) is 11.1. The number of rotatable bonds is 4. The third-order valence-corrected chi connectivity index (χ3v) is 4.34. The van der Waals surface area contributed by atoms with Crippen LogP contribution in [0, 0.1) is 6.92 Å². The lowest BCUT2D eigenvalue weighted by Crippen LogP contribution is -2.23. The largest absolute Gasteiger partial charge is 0.348 e. The van der Waals surface area contributed by atoms with Gasteiger partial charge in [0.25, 0.3) is 11.5 Å². The van der Waals surface area contributed by atoms with Gasteiger partial charge in [0, 0.05) is 29.4 Å². The number of aromatic amines is 1. The molecule has 7 heteroatoms. The van der Waals surface area contributed by atoms with E-state index in [1.165, 1.54) is 16.8 Å². The molecule has 0 fully saturated rings. The molecule has 0 aliphatic rings. The van der Waals surface area contributed by atoms with Gasteiger partial charge in [0.15, 0.2) is 5.65 Å². The SMILES string of the molecule is CSc1ccccc1CNC(=O)c1c[nH]n2c(=O)cc(C)nc12. The standard InChI is InChI=1S/C16H16N4O2S/c1-10-7-14(21)20-15(19-10)12(9-18-20)16(22)17-8-11-5-3-4-6-13(11)23-2/h3-7,9,18H,8H2,1-2H3,(H,17,22). The molecule has 0 unspecified atom stereocenters. The smallest absolute Gasteiger partial charge is 0.272 e. The average Bonchev–Trinajstić information content (AvgIpc) is 2.97. The summed E-state index contributed by atoms with van der Waals surface area (Å²) >= 11 is 1.64. The van der Waals surface area contributed by atoms with Gasteiger partial charge < -0.3 is 5.32 Å². The minimum absolute atomic E-state index is 0.237. The van der Waals surface area contributed by atoms with Crippen LogP contribution >= 0.6 is 11.8 Å². The van der Waals surface area contributed by atoms with E-state index in [-0.39, 0.29) is 11.5 Å². The zero-order chi connectivity index (χ0) is 16.4. The Balaban J connectivity index is 1.85. The van der Waals surface area contributed by atoms with Crippen molar-refractivity contribution in [1.82, 2.24) is 19.9 Å². The third kappa shape index (κ3) is 3.00. The number of aromatic nitrogens is 3. The summed E-state index contributed by atoms with van der Waals surface area (Å²) in [6.07, 6.45) is 3.50. The van der Waals surface area contributed by atoms with Crippen LogP contribution in [0.15, 0.2) is 46.2 Å². The fraction of sp³-hybridized carbons (Fsp3) is 0.188. The van der Waals surface area contributed by atoms with E-state index in [0.717, 1.165) is 10.5 Å². The van der Waals surface area contributed by atoms with Gasteiger partial charge in [-0.2, -0.15) is 0 Å². The Bertz CT molecular complexity index is 929. The molecule has 0 aliphatic carbocycles. The Morgan fingerprint density at radius 1 is 1.39 bits per heavy atom. The molecule has 2 aromatic heterocycles. The number of aryl methyl sites for hydroxylation is 1. The highest BCUT2D eigenvalue weighted by Crippen LogP contribution is 2.19. The summed E-state index contributed by atoms with van der Waals surface area (Å²) in [5.74, 6) is -0.267. The lowest BCUT2D eigenvalue weighted by Gasteiger charge is -2.08. The molecule has 118 valence electrons. The van der Waals surface area contributed by atoms with Crippen molar-refractivity contribution in [2.24, 2.45) is 0 Å². The summed E-state index contributed by atoms with van der Waals surface area (Å²) in [5, 5.41) is 5.64. The predicted octanol–water partition coefficient (Wildman–Crippen LogP) is 1.98. The van der Waals surface area contributed by atoms with E-state index >= 15 is 0 Å². The molecule has 2 N–H and O–H groups in total. The van der Waals surface area contributed by atoms with E-state index in [0.29, 0.717) is 23.4 Å². The van der Waals surface area contributed by atoms with Crippen molar-refractivity contribution in [1.29, 1.82) is 0 Å². The van der Waals surface area contributed by atoms with Gasteiger partial charge in [0.1, 0.15) is 5.56 Å². The molecule has 0 bridgehead atoms. The number of carbonyl (C=O) groups is 1. The molecule has 1 aromatic carbocycles. The monoisotopic (exact) mass is 328 g/mol. The number of benzene rings is 1. The molecule has 6 nitrogen and oxygen atoms in total. The molecular weight excluding hydrogens is 312 g/mol. The van der Waals surface area contributed by atoms with Crippen LogP contribution in [0.3, 0.4) is 0 Å². The van der Waals surface area contributed by atoms with E-state index in [2.05, 4.69) is 15.4 Å². The molecule has 3 aromatic rings. The Morgan fingerprint density at radius 3 is 2.96 bits per heavy atom. The van der Waals surface area contributed by atoms with Crippen molar-refractivity contribution in [2.45, 2.75) is 18.4 Å². The maximum Gasteiger partial charge on any atom is 0.272 e. The molecule has 1 amide bonds. The molecular formula is C16H16N4O2S. The van der Waals surface area contributed by atoms with Crippen LogP contribution in [-0.4, -0.2) is 26.8 Å². The lowest BCUT2D eigenvalue weighted by molar-refractivity contribution is 0.0952. The van der Waals surface area contributed by atoms with Crippen molar-refractivity contribution in [3.63, 3.8) is 0 Å². The number of thioether (sulfide) groups is 1. The van der Waals surface area contributed by atoms with Gasteiger partial charge in [-0.25, -0.2) is 9.50 Å². The molecule has 3 rings (SSSR count). The third-order valence-electron chi connectivity index (χ3n) is 3.50. The van der Waals surface area contributed by atoms with Crippen molar-refractivity contribution < 1.29 is 4.79 Å². The fourth-order valence-corrected chi connectivity index (χ4v) is 3.00. The first kappa shape index (κ1) is 15.4. The van der Waals surface area contributed by atoms with Gasteiger partial charge >= 0.3 is 0 Å². The minimum atomic E-state index is -0.267. The highest BCUT2D eigenvalue weighted by atomic mass is 32.2. The Hall–Kier alpha value is -2.54. The van der Waals surface area contributed by atoms with Crippen molar-refractivity contribution in [3.8, 4) is 0 Å². The summed E-state index contributed by atoms with van der Waals surface area (Å²) in [7, 11) is 0. The Morgan fingerprint density at radius 2 is 2.17 bits per heavy atom. The predicted molar refractivity (Wildman–Crippen MR) is 89.9 cm³/mol. The van der Waals surface area contributed by atoms with E-state index in [1.54, 1.807) is 18.7 Å².